The van der Waals surface area contributed by atoms with Crippen molar-refractivity contribution < 1.29 is 9.53 Å². The normalized spacial score (nSPS) is 10.3. The third kappa shape index (κ3) is 2.93. The predicted octanol–water partition coefficient (Wildman–Crippen LogP) is 2.47. The third-order valence-corrected chi connectivity index (χ3v) is 2.90. The molecule has 0 aliphatic heterocycles. The number of nitrogens with one attached hydrogen (secondary N) is 1. The van der Waals surface area contributed by atoms with Gasteiger partial charge >= 0.3 is 0 Å². The summed E-state index contributed by atoms with van der Waals surface area (Å²) in [7, 11) is 1.62. The lowest BCUT2D eigenvalue weighted by Crippen LogP contribution is -2.12. The summed E-state index contributed by atoms with van der Waals surface area (Å²) in [6.45, 7) is 4.64. The molecule has 2 aromatic rings. The minimum absolute atomic E-state index is 0.159. The lowest BCUT2D eigenvalue weighted by Gasteiger charge is -2.09. The summed E-state index contributed by atoms with van der Waals surface area (Å²) in [5.41, 5.74) is 2.28. The SMILES string of the molecule is CCn1cc(C(=O)Nc2ccc(OC)cc2C)cn1. The summed E-state index contributed by atoms with van der Waals surface area (Å²) in [6, 6.07) is 5.53. The first-order chi connectivity index (χ1) is 9.13. The van der Waals surface area contributed by atoms with Crippen LogP contribution < -0.4 is 10.1 Å². The highest BCUT2D eigenvalue weighted by atomic mass is 16.5. The van der Waals surface area contributed by atoms with Gasteiger partial charge < -0.3 is 10.1 Å². The number of hydrogen-bond donors (Lipinski definition) is 1. The van der Waals surface area contributed by atoms with Gasteiger partial charge in [0.25, 0.3) is 5.91 Å². The van der Waals surface area contributed by atoms with Crippen molar-refractivity contribution in [3.63, 3.8) is 0 Å². The fourth-order valence-electron chi connectivity index (χ4n) is 1.75. The Morgan fingerprint density at radius 1 is 1.47 bits per heavy atom. The standard InChI is InChI=1S/C14H17N3O2/c1-4-17-9-11(8-15-17)14(18)16-13-6-5-12(19-3)7-10(13)2/h5-9H,4H2,1-3H3,(H,16,18). The van der Waals surface area contributed by atoms with Crippen molar-refractivity contribution >= 4 is 11.6 Å². The van der Waals surface area contributed by atoms with Gasteiger partial charge in [-0.3, -0.25) is 9.48 Å². The number of aryl methyl sites for hydroxylation is 2. The smallest absolute Gasteiger partial charge is 0.258 e. The molecule has 0 saturated heterocycles. The van der Waals surface area contributed by atoms with Gasteiger partial charge in [-0.15, -0.1) is 0 Å². The van der Waals surface area contributed by atoms with E-state index in [1.54, 1.807) is 24.2 Å². The summed E-state index contributed by atoms with van der Waals surface area (Å²) in [4.78, 5) is 12.1. The summed E-state index contributed by atoms with van der Waals surface area (Å²) in [6.07, 6.45) is 3.30. The second-order valence-corrected chi connectivity index (χ2v) is 4.22. The van der Waals surface area contributed by atoms with Crippen molar-refractivity contribution in [1.82, 2.24) is 9.78 Å². The number of amides is 1. The Morgan fingerprint density at radius 3 is 2.84 bits per heavy atom. The number of benzene rings is 1. The van der Waals surface area contributed by atoms with E-state index < -0.39 is 0 Å². The van der Waals surface area contributed by atoms with Crippen LogP contribution in [0, 0.1) is 6.92 Å². The van der Waals surface area contributed by atoms with Crippen molar-refractivity contribution in [2.24, 2.45) is 0 Å². The van der Waals surface area contributed by atoms with Crippen molar-refractivity contribution in [1.29, 1.82) is 0 Å². The average Bonchev–Trinajstić information content (AvgIpc) is 2.90. The number of methoxy groups -OCH3 is 1. The first-order valence-corrected chi connectivity index (χ1v) is 6.12. The molecule has 1 N–H and O–H groups in total. The molecule has 19 heavy (non-hydrogen) atoms. The predicted molar refractivity (Wildman–Crippen MR) is 73.6 cm³/mol. The molecule has 2 rings (SSSR count). The van der Waals surface area contributed by atoms with Crippen LogP contribution in [0.15, 0.2) is 30.6 Å². The molecule has 0 fully saturated rings. The number of carbonyl (C=O) groups excluding carboxylic acids is 1. The number of rotatable bonds is 4. The topological polar surface area (TPSA) is 56.2 Å². The van der Waals surface area contributed by atoms with E-state index >= 15 is 0 Å². The van der Waals surface area contributed by atoms with Crippen LogP contribution in [0.5, 0.6) is 5.75 Å². The molecule has 0 unspecified atom stereocenters. The number of hydrogen-bond acceptors (Lipinski definition) is 3. The van der Waals surface area contributed by atoms with E-state index in [-0.39, 0.29) is 5.91 Å². The monoisotopic (exact) mass is 259 g/mol. The molecule has 1 aromatic heterocycles. The maximum absolute atomic E-state index is 12.1. The summed E-state index contributed by atoms with van der Waals surface area (Å²) in [5, 5.41) is 6.95. The highest BCUT2D eigenvalue weighted by Crippen LogP contribution is 2.21. The van der Waals surface area contributed by atoms with Gasteiger partial charge in [0.05, 0.1) is 18.9 Å². The number of carbonyl (C=O) groups is 1. The van der Waals surface area contributed by atoms with Crippen LogP contribution in [-0.2, 0) is 6.54 Å². The van der Waals surface area contributed by atoms with Crippen LogP contribution in [0.3, 0.4) is 0 Å². The fraction of sp³-hybridized carbons (Fsp3) is 0.286. The molecule has 0 spiro atoms. The minimum Gasteiger partial charge on any atom is -0.497 e. The Balaban J connectivity index is 2.14. The van der Waals surface area contributed by atoms with Gasteiger partial charge in [0.15, 0.2) is 0 Å². The summed E-state index contributed by atoms with van der Waals surface area (Å²) >= 11 is 0. The lowest BCUT2D eigenvalue weighted by molar-refractivity contribution is 0.102. The number of ether oxygens (including phenoxy) is 1. The van der Waals surface area contributed by atoms with E-state index in [2.05, 4.69) is 10.4 Å². The van der Waals surface area contributed by atoms with Gasteiger partial charge in [-0.2, -0.15) is 5.10 Å². The summed E-state index contributed by atoms with van der Waals surface area (Å²) < 4.78 is 6.85. The van der Waals surface area contributed by atoms with Gasteiger partial charge in [-0.1, -0.05) is 0 Å². The molecule has 5 heteroatoms. The van der Waals surface area contributed by atoms with E-state index in [1.807, 2.05) is 32.0 Å². The van der Waals surface area contributed by atoms with E-state index in [0.717, 1.165) is 23.5 Å². The van der Waals surface area contributed by atoms with E-state index in [4.69, 9.17) is 4.74 Å². The quantitative estimate of drug-likeness (QED) is 0.917. The van der Waals surface area contributed by atoms with Gasteiger partial charge in [0, 0.05) is 18.4 Å². The first-order valence-electron chi connectivity index (χ1n) is 6.12. The van der Waals surface area contributed by atoms with Crippen LogP contribution in [-0.4, -0.2) is 22.8 Å². The maximum atomic E-state index is 12.1. The van der Waals surface area contributed by atoms with Gasteiger partial charge in [-0.25, -0.2) is 0 Å². The zero-order chi connectivity index (χ0) is 13.8. The van der Waals surface area contributed by atoms with Crippen molar-refractivity contribution in [2.45, 2.75) is 20.4 Å². The minimum atomic E-state index is -0.159. The Morgan fingerprint density at radius 2 is 2.26 bits per heavy atom. The average molecular weight is 259 g/mol. The fourth-order valence-corrected chi connectivity index (χ4v) is 1.75. The zero-order valence-electron chi connectivity index (χ0n) is 11.3. The van der Waals surface area contributed by atoms with Crippen molar-refractivity contribution in [2.75, 3.05) is 12.4 Å². The number of aromatic nitrogens is 2. The van der Waals surface area contributed by atoms with E-state index in [9.17, 15) is 4.79 Å². The lowest BCUT2D eigenvalue weighted by atomic mass is 10.2. The largest absolute Gasteiger partial charge is 0.497 e. The Kier molecular flexibility index (Phi) is 3.85. The van der Waals surface area contributed by atoms with Gasteiger partial charge in [0.1, 0.15) is 5.75 Å². The van der Waals surface area contributed by atoms with Crippen LogP contribution in [0.4, 0.5) is 5.69 Å². The van der Waals surface area contributed by atoms with Crippen LogP contribution in [0.2, 0.25) is 0 Å². The molecule has 1 aromatic carbocycles. The van der Waals surface area contributed by atoms with E-state index in [1.165, 1.54) is 0 Å². The van der Waals surface area contributed by atoms with Gasteiger partial charge in [-0.05, 0) is 37.6 Å². The Bertz CT molecular complexity index is 590. The van der Waals surface area contributed by atoms with E-state index in [0.29, 0.717) is 5.56 Å². The number of nitrogens with zero attached hydrogens (tertiary/aromatic N) is 2. The molecule has 100 valence electrons. The molecule has 5 nitrogen and oxygen atoms in total. The maximum Gasteiger partial charge on any atom is 0.258 e. The van der Waals surface area contributed by atoms with Crippen LogP contribution >= 0.6 is 0 Å². The van der Waals surface area contributed by atoms with Gasteiger partial charge in [0.2, 0.25) is 0 Å². The second kappa shape index (κ2) is 5.56. The molecular formula is C14H17N3O2. The van der Waals surface area contributed by atoms with Crippen molar-refractivity contribution in [3.8, 4) is 5.75 Å². The molecule has 0 aliphatic carbocycles. The van der Waals surface area contributed by atoms with Crippen LogP contribution in [0.25, 0.3) is 0 Å². The molecule has 0 saturated carbocycles. The second-order valence-electron chi connectivity index (χ2n) is 4.22. The Hall–Kier alpha value is -2.30. The third-order valence-electron chi connectivity index (χ3n) is 2.90. The molecule has 0 bridgehead atoms. The number of anilines is 1. The highest BCUT2D eigenvalue weighted by Gasteiger charge is 2.10. The molecule has 1 heterocycles. The first kappa shape index (κ1) is 13.1. The Labute approximate surface area is 112 Å². The summed E-state index contributed by atoms with van der Waals surface area (Å²) in [5.74, 6) is 0.613. The molecule has 0 radical (unpaired) electrons. The highest BCUT2D eigenvalue weighted by molar-refractivity contribution is 6.04. The molecule has 1 amide bonds. The van der Waals surface area contributed by atoms with Crippen molar-refractivity contribution in [3.05, 3.63) is 41.7 Å². The molecule has 0 aliphatic rings. The molecule has 0 atom stereocenters. The molecular weight excluding hydrogens is 242 g/mol. The zero-order valence-corrected chi connectivity index (χ0v) is 11.3. The van der Waals surface area contributed by atoms with Crippen LogP contribution in [0.1, 0.15) is 22.8 Å².